The van der Waals surface area contributed by atoms with Gasteiger partial charge in [-0.1, -0.05) is 43.3 Å². The van der Waals surface area contributed by atoms with E-state index in [1.165, 1.54) is 13.2 Å². The molecule has 0 radical (unpaired) electrons. The van der Waals surface area contributed by atoms with Gasteiger partial charge in [0, 0.05) is 31.1 Å². The summed E-state index contributed by atoms with van der Waals surface area (Å²) in [6.07, 6.45) is 3.44. The number of methoxy groups -OCH3 is 1. The second-order valence-corrected chi connectivity index (χ2v) is 10.3. The lowest BCUT2D eigenvalue weighted by Gasteiger charge is -2.44. The van der Waals surface area contributed by atoms with Crippen LogP contribution < -0.4 is 16.8 Å². The van der Waals surface area contributed by atoms with Gasteiger partial charge >= 0.3 is 6.09 Å². The molecule has 2 aromatic carbocycles. The molecule has 1 fully saturated rings. The smallest absolute Gasteiger partial charge is 0.406 e. The molecule has 6 N–H and O–H groups in total. The minimum Gasteiger partial charge on any atom is -0.453 e. The average Bonchev–Trinajstić information content (AvgIpc) is 2.97. The Morgan fingerprint density at radius 1 is 1.26 bits per heavy atom. The summed E-state index contributed by atoms with van der Waals surface area (Å²) in [5, 5.41) is 15.2. The number of aryl methyl sites for hydroxylation is 1. The molecule has 39 heavy (non-hydrogen) atoms. The van der Waals surface area contributed by atoms with Crippen molar-refractivity contribution in [2.24, 2.45) is 17.4 Å². The number of nitrogens with one attached hydrogen (secondary N) is 1. The van der Waals surface area contributed by atoms with Crippen molar-refractivity contribution < 1.29 is 23.8 Å². The van der Waals surface area contributed by atoms with E-state index in [4.69, 9.17) is 11.5 Å². The Bertz CT molecular complexity index is 1110. The quantitative estimate of drug-likeness (QED) is 0.303. The van der Waals surface area contributed by atoms with Gasteiger partial charge in [-0.05, 0) is 74.2 Å². The number of aliphatic hydroxyl groups is 1. The summed E-state index contributed by atoms with van der Waals surface area (Å²) in [5.41, 5.74) is 12.9. The molecule has 0 aliphatic carbocycles. The Balaban J connectivity index is 2.00. The van der Waals surface area contributed by atoms with Crippen molar-refractivity contribution in [3.8, 4) is 11.1 Å². The molecule has 2 unspecified atom stereocenters. The number of hydrogen-bond acceptors (Lipinski definition) is 6. The molecule has 3 rings (SSSR count). The number of hydrogen-bond donors (Lipinski definition) is 4. The number of carbonyl (C=O) groups excluding carboxylic acids is 2. The monoisotopic (exact) mass is 542 g/mol. The van der Waals surface area contributed by atoms with Crippen LogP contribution in [0.25, 0.3) is 11.1 Å². The number of amides is 2. The van der Waals surface area contributed by atoms with Crippen LogP contribution in [0.3, 0.4) is 0 Å². The maximum absolute atomic E-state index is 15.6. The number of piperidine rings is 1. The number of ether oxygens (including phenoxy) is 1. The van der Waals surface area contributed by atoms with E-state index in [9.17, 15) is 14.7 Å². The van der Waals surface area contributed by atoms with Gasteiger partial charge in [-0.15, -0.1) is 0 Å². The Hall–Kier alpha value is -3.01. The van der Waals surface area contributed by atoms with Crippen LogP contribution in [0.2, 0.25) is 0 Å². The molecule has 1 aliphatic rings. The third-order valence-electron chi connectivity index (χ3n) is 7.74. The fraction of sp³-hybridized carbons (Fsp3) is 0.533. The van der Waals surface area contributed by atoms with E-state index >= 15 is 4.39 Å². The fourth-order valence-corrected chi connectivity index (χ4v) is 5.57. The first kappa shape index (κ1) is 30.5. The maximum Gasteiger partial charge on any atom is 0.406 e. The minimum atomic E-state index is -1.46. The summed E-state index contributed by atoms with van der Waals surface area (Å²) in [4.78, 5) is 26.5. The number of nitrogens with two attached hydrogens (primary N) is 2. The van der Waals surface area contributed by atoms with Crippen molar-refractivity contribution in [3.05, 3.63) is 59.4 Å². The maximum atomic E-state index is 15.6. The van der Waals surface area contributed by atoms with Gasteiger partial charge in [-0.3, -0.25) is 4.79 Å². The van der Waals surface area contributed by atoms with Crippen LogP contribution >= 0.6 is 0 Å². The van der Waals surface area contributed by atoms with Crippen LogP contribution in [-0.2, 0) is 21.6 Å². The van der Waals surface area contributed by atoms with Crippen molar-refractivity contribution in [1.29, 1.82) is 0 Å². The Morgan fingerprint density at radius 2 is 2.03 bits per heavy atom. The number of likely N-dealkylation sites (tertiary alicyclic amines) is 1. The predicted octanol–water partition coefficient (Wildman–Crippen LogP) is 3.68. The average molecular weight is 543 g/mol. The minimum absolute atomic E-state index is 0.155. The van der Waals surface area contributed by atoms with Gasteiger partial charge in [0.15, 0.2) is 0 Å². The van der Waals surface area contributed by atoms with Crippen LogP contribution in [0.4, 0.5) is 9.18 Å². The molecule has 0 bridgehead atoms. The first-order valence-corrected chi connectivity index (χ1v) is 13.9. The van der Waals surface area contributed by atoms with Gasteiger partial charge in [-0.2, -0.15) is 0 Å². The van der Waals surface area contributed by atoms with Gasteiger partial charge in [0.2, 0.25) is 5.91 Å². The third kappa shape index (κ3) is 7.56. The second-order valence-electron chi connectivity index (χ2n) is 10.3. The highest BCUT2D eigenvalue weighted by molar-refractivity contribution is 5.81. The molecule has 1 saturated heterocycles. The summed E-state index contributed by atoms with van der Waals surface area (Å²) >= 11 is 0. The molecule has 3 atom stereocenters. The number of halogens is 1. The van der Waals surface area contributed by atoms with Gasteiger partial charge in [0.25, 0.3) is 0 Å². The number of nitrogens with zero attached hydrogens (tertiary/aromatic N) is 1. The van der Waals surface area contributed by atoms with E-state index in [2.05, 4.69) is 10.1 Å². The molecule has 1 aliphatic heterocycles. The lowest BCUT2D eigenvalue weighted by Crippen LogP contribution is -2.52. The molecule has 0 spiro atoms. The van der Waals surface area contributed by atoms with E-state index in [1.807, 2.05) is 31.2 Å². The van der Waals surface area contributed by atoms with E-state index in [-0.39, 0.29) is 24.8 Å². The van der Waals surface area contributed by atoms with Crippen molar-refractivity contribution >= 4 is 12.0 Å². The van der Waals surface area contributed by atoms with Gasteiger partial charge < -0.3 is 31.5 Å². The summed E-state index contributed by atoms with van der Waals surface area (Å²) in [5.74, 6) is -0.928. The lowest BCUT2D eigenvalue weighted by molar-refractivity contribution is -0.138. The predicted molar refractivity (Wildman–Crippen MR) is 150 cm³/mol. The molecule has 0 aromatic heterocycles. The van der Waals surface area contributed by atoms with Gasteiger partial charge in [0.1, 0.15) is 5.82 Å². The van der Waals surface area contributed by atoms with Crippen molar-refractivity contribution in [2.45, 2.75) is 63.5 Å². The SMILES string of the molecule is CCc1cccc(-c2c(F)cccc2C(O)(CCCNC(=O)OC)C2CCCN(C(=O)[C@H](N)CCCN)C2)c1. The summed E-state index contributed by atoms with van der Waals surface area (Å²) in [6.45, 7) is 3.65. The first-order chi connectivity index (χ1) is 18.7. The Kier molecular flexibility index (Phi) is 11.3. The van der Waals surface area contributed by atoms with Crippen LogP contribution in [0.5, 0.6) is 0 Å². The highest BCUT2D eigenvalue weighted by atomic mass is 19.1. The van der Waals surface area contributed by atoms with Crippen LogP contribution in [0.15, 0.2) is 42.5 Å². The van der Waals surface area contributed by atoms with Crippen LogP contribution in [-0.4, -0.2) is 61.3 Å². The molecule has 2 amide bonds. The summed E-state index contributed by atoms with van der Waals surface area (Å²) in [6, 6.07) is 11.8. The largest absolute Gasteiger partial charge is 0.453 e. The van der Waals surface area contributed by atoms with E-state index in [1.54, 1.807) is 17.0 Å². The first-order valence-electron chi connectivity index (χ1n) is 13.9. The molecule has 9 heteroatoms. The van der Waals surface area contributed by atoms with Crippen LogP contribution in [0.1, 0.15) is 56.6 Å². The molecule has 1 heterocycles. The van der Waals surface area contributed by atoms with E-state index in [0.29, 0.717) is 68.4 Å². The van der Waals surface area contributed by atoms with E-state index in [0.717, 1.165) is 12.0 Å². The number of alkyl carbamates (subject to hydrolysis) is 1. The molecular weight excluding hydrogens is 499 g/mol. The zero-order valence-electron chi connectivity index (χ0n) is 23.1. The van der Waals surface area contributed by atoms with E-state index < -0.39 is 23.6 Å². The van der Waals surface area contributed by atoms with Crippen molar-refractivity contribution in [3.63, 3.8) is 0 Å². The fourth-order valence-electron chi connectivity index (χ4n) is 5.57. The molecule has 2 aromatic rings. The number of benzene rings is 2. The summed E-state index contributed by atoms with van der Waals surface area (Å²) in [7, 11) is 1.29. The molecular formula is C30H43FN4O4. The molecule has 0 saturated carbocycles. The normalized spacial score (nSPS) is 17.8. The molecule has 214 valence electrons. The lowest BCUT2D eigenvalue weighted by atomic mass is 9.72. The van der Waals surface area contributed by atoms with Crippen LogP contribution in [0, 0.1) is 11.7 Å². The zero-order valence-corrected chi connectivity index (χ0v) is 23.1. The Morgan fingerprint density at radius 3 is 2.74 bits per heavy atom. The highest BCUT2D eigenvalue weighted by Crippen LogP contribution is 2.44. The number of rotatable bonds is 12. The standard InChI is InChI=1S/C30H43FN4O4/c1-3-21-9-4-10-22(19-21)27-24(12-5-13-25(27)31)30(38,15-8-17-34-29(37)39-2)23-11-7-18-35(20-23)28(36)26(33)14-6-16-32/h4-5,9-10,12-13,19,23,26,38H,3,6-8,11,14-18,20,32-33H2,1-2H3,(H,34,37)/t23?,26-,30?/m1/s1. The third-order valence-corrected chi connectivity index (χ3v) is 7.74. The Labute approximate surface area is 230 Å². The number of carbonyl (C=O) groups is 2. The zero-order chi connectivity index (χ0) is 28.4. The summed E-state index contributed by atoms with van der Waals surface area (Å²) < 4.78 is 20.2. The second kappa shape index (κ2) is 14.4. The topological polar surface area (TPSA) is 131 Å². The van der Waals surface area contributed by atoms with Gasteiger partial charge in [0.05, 0.1) is 18.8 Å². The molecule has 8 nitrogen and oxygen atoms in total. The van der Waals surface area contributed by atoms with Crippen molar-refractivity contribution in [1.82, 2.24) is 10.2 Å². The van der Waals surface area contributed by atoms with Gasteiger partial charge in [-0.25, -0.2) is 9.18 Å². The highest BCUT2D eigenvalue weighted by Gasteiger charge is 2.43. The van der Waals surface area contributed by atoms with Crippen molar-refractivity contribution in [2.75, 3.05) is 33.3 Å².